The first-order valence-electron chi connectivity index (χ1n) is 9.94. The van der Waals surface area contributed by atoms with E-state index in [1.807, 2.05) is 79.0 Å². The number of hydrogen-bond acceptors (Lipinski definition) is 4. The molecule has 0 aliphatic rings. The van der Waals surface area contributed by atoms with Gasteiger partial charge in [-0.2, -0.15) is 0 Å². The Hall–Kier alpha value is -3.22. The van der Waals surface area contributed by atoms with E-state index in [1.54, 1.807) is 6.20 Å². The van der Waals surface area contributed by atoms with Crippen molar-refractivity contribution in [1.29, 1.82) is 0 Å². The molecule has 3 aromatic carbocycles. The van der Waals surface area contributed by atoms with Gasteiger partial charge in [0.25, 0.3) is 0 Å². The van der Waals surface area contributed by atoms with Crippen LogP contribution >= 0.6 is 31.9 Å². The zero-order chi connectivity index (χ0) is 21.9. The SMILES string of the molecule is Brc1cc(Br)cc(-c2nc(-c3ccccc3)nc(-c3ccc(-c4cccnc4)cc3)n2)c1. The molecular weight excluding hydrogens is 528 g/mol. The molecule has 0 radical (unpaired) electrons. The lowest BCUT2D eigenvalue weighted by Gasteiger charge is -2.09. The fourth-order valence-electron chi connectivity index (χ4n) is 3.38. The fourth-order valence-corrected chi connectivity index (χ4v) is 4.67. The molecule has 0 bridgehead atoms. The molecule has 154 valence electrons. The Morgan fingerprint density at radius 2 is 1.00 bits per heavy atom. The van der Waals surface area contributed by atoms with Crippen LogP contribution in [0.5, 0.6) is 0 Å². The third-order valence-electron chi connectivity index (χ3n) is 4.93. The van der Waals surface area contributed by atoms with E-state index in [4.69, 9.17) is 15.0 Å². The second kappa shape index (κ2) is 9.10. The summed E-state index contributed by atoms with van der Waals surface area (Å²) in [4.78, 5) is 18.6. The molecule has 0 unspecified atom stereocenters. The third-order valence-corrected chi connectivity index (χ3v) is 5.84. The first kappa shape index (κ1) is 20.7. The van der Waals surface area contributed by atoms with Crippen LogP contribution in [-0.2, 0) is 0 Å². The molecule has 5 rings (SSSR count). The van der Waals surface area contributed by atoms with Crippen molar-refractivity contribution >= 4 is 31.9 Å². The van der Waals surface area contributed by atoms with Crippen LogP contribution in [-0.4, -0.2) is 19.9 Å². The highest BCUT2D eigenvalue weighted by Gasteiger charge is 2.13. The highest BCUT2D eigenvalue weighted by molar-refractivity contribution is 9.11. The molecule has 6 heteroatoms. The summed E-state index contributed by atoms with van der Waals surface area (Å²) in [6, 6.07) is 28.1. The van der Waals surface area contributed by atoms with Crippen molar-refractivity contribution in [1.82, 2.24) is 19.9 Å². The molecule has 0 saturated carbocycles. The van der Waals surface area contributed by atoms with E-state index < -0.39 is 0 Å². The van der Waals surface area contributed by atoms with E-state index >= 15 is 0 Å². The van der Waals surface area contributed by atoms with E-state index in [0.717, 1.165) is 36.8 Å². The molecule has 5 aromatic rings. The Labute approximate surface area is 202 Å². The van der Waals surface area contributed by atoms with Crippen LogP contribution in [0.2, 0.25) is 0 Å². The molecule has 0 amide bonds. The summed E-state index contributed by atoms with van der Waals surface area (Å²) in [5.74, 6) is 1.88. The zero-order valence-corrected chi connectivity index (χ0v) is 20.0. The van der Waals surface area contributed by atoms with Crippen LogP contribution in [0.4, 0.5) is 0 Å². The van der Waals surface area contributed by atoms with Gasteiger partial charge in [0.1, 0.15) is 0 Å². The molecule has 2 heterocycles. The minimum Gasteiger partial charge on any atom is -0.264 e. The second-order valence-electron chi connectivity index (χ2n) is 7.15. The number of nitrogens with zero attached hydrogens (tertiary/aromatic N) is 4. The maximum atomic E-state index is 4.81. The maximum absolute atomic E-state index is 4.81. The summed E-state index contributed by atoms with van der Waals surface area (Å²) in [5, 5.41) is 0. The van der Waals surface area contributed by atoms with Crippen LogP contribution in [0.25, 0.3) is 45.3 Å². The predicted octanol–water partition coefficient (Wildman–Crippen LogP) is 7.46. The average molecular weight is 544 g/mol. The van der Waals surface area contributed by atoms with E-state index in [0.29, 0.717) is 17.5 Å². The van der Waals surface area contributed by atoms with Crippen molar-refractivity contribution in [3.05, 3.63) is 106 Å². The number of benzene rings is 3. The quantitative estimate of drug-likeness (QED) is 0.236. The van der Waals surface area contributed by atoms with Gasteiger partial charge in [0.15, 0.2) is 17.5 Å². The molecule has 0 aliphatic carbocycles. The van der Waals surface area contributed by atoms with Gasteiger partial charge >= 0.3 is 0 Å². The van der Waals surface area contributed by atoms with Crippen LogP contribution in [0.3, 0.4) is 0 Å². The molecule has 0 N–H and O–H groups in total. The summed E-state index contributed by atoms with van der Waals surface area (Å²) < 4.78 is 1.90. The Morgan fingerprint density at radius 1 is 0.469 bits per heavy atom. The monoisotopic (exact) mass is 542 g/mol. The smallest absolute Gasteiger partial charge is 0.164 e. The lowest BCUT2D eigenvalue weighted by molar-refractivity contribution is 1.07. The highest BCUT2D eigenvalue weighted by atomic mass is 79.9. The van der Waals surface area contributed by atoms with Crippen molar-refractivity contribution in [2.75, 3.05) is 0 Å². The summed E-state index contributed by atoms with van der Waals surface area (Å²) in [6.45, 7) is 0. The number of halogens is 2. The summed E-state index contributed by atoms with van der Waals surface area (Å²) >= 11 is 7.12. The molecule has 32 heavy (non-hydrogen) atoms. The average Bonchev–Trinajstić information content (AvgIpc) is 2.84. The summed E-state index contributed by atoms with van der Waals surface area (Å²) in [7, 11) is 0. The maximum Gasteiger partial charge on any atom is 0.164 e. The Bertz CT molecular complexity index is 1350. The molecule has 4 nitrogen and oxygen atoms in total. The molecule has 0 spiro atoms. The van der Waals surface area contributed by atoms with Gasteiger partial charge in [-0.05, 0) is 35.4 Å². The van der Waals surface area contributed by atoms with Crippen molar-refractivity contribution < 1.29 is 0 Å². The lowest BCUT2D eigenvalue weighted by Crippen LogP contribution is -2.00. The lowest BCUT2D eigenvalue weighted by atomic mass is 10.1. The predicted molar refractivity (Wildman–Crippen MR) is 135 cm³/mol. The van der Waals surface area contributed by atoms with E-state index in [-0.39, 0.29) is 0 Å². The fraction of sp³-hybridized carbons (Fsp3) is 0. The second-order valence-corrected chi connectivity index (χ2v) is 8.98. The third kappa shape index (κ3) is 4.52. The van der Waals surface area contributed by atoms with Crippen LogP contribution < -0.4 is 0 Å². The highest BCUT2D eigenvalue weighted by Crippen LogP contribution is 2.29. The Morgan fingerprint density at radius 3 is 1.59 bits per heavy atom. The van der Waals surface area contributed by atoms with E-state index in [1.165, 1.54) is 0 Å². The molecular formula is C26H16Br2N4. The van der Waals surface area contributed by atoms with Gasteiger partial charge in [-0.25, -0.2) is 15.0 Å². The Balaban J connectivity index is 1.63. The molecule has 0 atom stereocenters. The van der Waals surface area contributed by atoms with Crippen molar-refractivity contribution in [3.8, 4) is 45.3 Å². The number of rotatable bonds is 4. The van der Waals surface area contributed by atoms with Gasteiger partial charge in [-0.1, -0.05) is 92.5 Å². The van der Waals surface area contributed by atoms with Gasteiger partial charge in [0.2, 0.25) is 0 Å². The molecule has 2 aromatic heterocycles. The minimum absolute atomic E-state index is 0.618. The van der Waals surface area contributed by atoms with Crippen molar-refractivity contribution in [2.24, 2.45) is 0 Å². The number of pyridine rings is 1. The van der Waals surface area contributed by atoms with Crippen molar-refractivity contribution in [2.45, 2.75) is 0 Å². The number of aromatic nitrogens is 4. The van der Waals surface area contributed by atoms with Gasteiger partial charge in [0, 0.05) is 38.0 Å². The Kier molecular flexibility index (Phi) is 5.88. The van der Waals surface area contributed by atoms with Crippen molar-refractivity contribution in [3.63, 3.8) is 0 Å². The van der Waals surface area contributed by atoms with E-state index in [9.17, 15) is 0 Å². The molecule has 0 saturated heterocycles. The zero-order valence-electron chi connectivity index (χ0n) is 16.8. The minimum atomic E-state index is 0.618. The van der Waals surface area contributed by atoms with Gasteiger partial charge in [0.05, 0.1) is 0 Å². The van der Waals surface area contributed by atoms with Gasteiger partial charge in [-0.15, -0.1) is 0 Å². The topological polar surface area (TPSA) is 51.6 Å². The largest absolute Gasteiger partial charge is 0.264 e. The standard InChI is InChI=1S/C26H16Br2N4/c27-22-13-21(14-23(28)15-22)26-31-24(18-5-2-1-3-6-18)30-25(32-26)19-10-8-17(9-11-19)20-7-4-12-29-16-20/h1-16H. The molecule has 0 aliphatic heterocycles. The van der Waals surface area contributed by atoms with E-state index in [2.05, 4.69) is 49.0 Å². The first-order chi connectivity index (χ1) is 15.7. The van der Waals surface area contributed by atoms with Crippen LogP contribution in [0.15, 0.2) is 106 Å². The molecule has 0 fully saturated rings. The summed E-state index contributed by atoms with van der Waals surface area (Å²) in [6.07, 6.45) is 3.63. The van der Waals surface area contributed by atoms with Gasteiger partial charge < -0.3 is 0 Å². The normalized spacial score (nSPS) is 10.8. The summed E-state index contributed by atoms with van der Waals surface area (Å²) in [5.41, 5.74) is 4.93. The van der Waals surface area contributed by atoms with Crippen LogP contribution in [0, 0.1) is 0 Å². The van der Waals surface area contributed by atoms with Gasteiger partial charge in [-0.3, -0.25) is 4.98 Å². The van der Waals surface area contributed by atoms with Crippen LogP contribution in [0.1, 0.15) is 0 Å². The first-order valence-corrected chi connectivity index (χ1v) is 11.5. The number of hydrogen-bond donors (Lipinski definition) is 0.